The molecule has 0 aromatic carbocycles. The maximum Gasteiger partial charge on any atom is 0.0776 e. The summed E-state index contributed by atoms with van der Waals surface area (Å²) < 4.78 is 1.80. The fourth-order valence-electron chi connectivity index (χ4n) is 0.797. The quantitative estimate of drug-likeness (QED) is 0.621. The summed E-state index contributed by atoms with van der Waals surface area (Å²) in [6.45, 7) is 0.786. The van der Waals surface area contributed by atoms with Gasteiger partial charge in [0.15, 0.2) is 0 Å². The van der Waals surface area contributed by atoms with Crippen LogP contribution in [-0.2, 0) is 13.6 Å². The molecule has 0 aliphatic heterocycles. The summed E-state index contributed by atoms with van der Waals surface area (Å²) in [5.74, 6) is 0. The number of hydrogen-bond donors (Lipinski definition) is 1. The van der Waals surface area contributed by atoms with E-state index in [0.29, 0.717) is 0 Å². The molecular formula is C7H14N4. The van der Waals surface area contributed by atoms with E-state index in [4.69, 9.17) is 0 Å². The van der Waals surface area contributed by atoms with Gasteiger partial charge in [0.05, 0.1) is 12.2 Å². The van der Waals surface area contributed by atoms with Crippen LogP contribution in [0.15, 0.2) is 12.3 Å². The molecule has 0 amide bonds. The normalized spacial score (nSPS) is 10.9. The molecule has 1 rings (SSSR count). The Kier molecular flexibility index (Phi) is 2.62. The fraction of sp³-hybridized carbons (Fsp3) is 0.571. The van der Waals surface area contributed by atoms with Crippen molar-refractivity contribution in [2.75, 3.05) is 14.1 Å². The Morgan fingerprint density at radius 2 is 2.36 bits per heavy atom. The van der Waals surface area contributed by atoms with Crippen molar-refractivity contribution in [3.63, 3.8) is 0 Å². The predicted molar refractivity (Wildman–Crippen MR) is 43.7 cm³/mol. The van der Waals surface area contributed by atoms with Crippen LogP contribution in [-0.4, -0.2) is 28.9 Å². The first-order valence-corrected chi connectivity index (χ1v) is 3.58. The maximum absolute atomic E-state index is 4.21. The number of hydrogen-bond acceptors (Lipinski definition) is 3. The van der Waals surface area contributed by atoms with Gasteiger partial charge < -0.3 is 0 Å². The summed E-state index contributed by atoms with van der Waals surface area (Å²) in [4.78, 5) is 0. The third-order valence-electron chi connectivity index (χ3n) is 1.35. The highest BCUT2D eigenvalue weighted by Gasteiger charge is 1.95. The van der Waals surface area contributed by atoms with Crippen molar-refractivity contribution in [3.05, 3.63) is 18.0 Å². The monoisotopic (exact) mass is 154 g/mol. The molecule has 0 bridgehead atoms. The highest BCUT2D eigenvalue weighted by molar-refractivity contribution is 4.97. The molecule has 1 aromatic heterocycles. The second-order valence-electron chi connectivity index (χ2n) is 2.71. The van der Waals surface area contributed by atoms with Gasteiger partial charge in [-0.2, -0.15) is 5.10 Å². The Bertz CT molecular complexity index is 216. The molecule has 0 saturated carbocycles. The van der Waals surface area contributed by atoms with Crippen molar-refractivity contribution < 1.29 is 0 Å². The van der Waals surface area contributed by atoms with Crippen molar-refractivity contribution in [1.29, 1.82) is 0 Å². The van der Waals surface area contributed by atoms with E-state index in [9.17, 15) is 0 Å². The Hall–Kier alpha value is -0.870. The lowest BCUT2D eigenvalue weighted by Gasteiger charge is -2.09. The van der Waals surface area contributed by atoms with Crippen molar-refractivity contribution in [2.45, 2.75) is 6.54 Å². The van der Waals surface area contributed by atoms with Gasteiger partial charge in [0.2, 0.25) is 0 Å². The van der Waals surface area contributed by atoms with E-state index in [1.54, 1.807) is 4.68 Å². The van der Waals surface area contributed by atoms with E-state index in [-0.39, 0.29) is 0 Å². The van der Waals surface area contributed by atoms with Gasteiger partial charge >= 0.3 is 0 Å². The molecule has 0 saturated heterocycles. The third-order valence-corrected chi connectivity index (χ3v) is 1.35. The van der Waals surface area contributed by atoms with Crippen LogP contribution in [0, 0.1) is 0 Å². The lowest BCUT2D eigenvalue weighted by molar-refractivity contribution is 0.283. The summed E-state index contributed by atoms with van der Waals surface area (Å²) >= 11 is 0. The average molecular weight is 154 g/mol. The van der Waals surface area contributed by atoms with Gasteiger partial charge in [0.1, 0.15) is 0 Å². The van der Waals surface area contributed by atoms with Gasteiger partial charge in [-0.05, 0) is 6.07 Å². The van der Waals surface area contributed by atoms with Crippen LogP contribution < -0.4 is 5.43 Å². The third kappa shape index (κ3) is 2.69. The molecule has 0 fully saturated rings. The van der Waals surface area contributed by atoms with Gasteiger partial charge in [-0.15, -0.1) is 0 Å². The van der Waals surface area contributed by atoms with E-state index in [0.717, 1.165) is 12.2 Å². The van der Waals surface area contributed by atoms with Gasteiger partial charge in [-0.25, -0.2) is 5.43 Å². The topological polar surface area (TPSA) is 33.1 Å². The van der Waals surface area contributed by atoms with Gasteiger partial charge in [0.25, 0.3) is 0 Å². The molecule has 0 aliphatic rings. The van der Waals surface area contributed by atoms with Gasteiger partial charge in [0, 0.05) is 27.3 Å². The van der Waals surface area contributed by atoms with E-state index in [2.05, 4.69) is 10.5 Å². The molecule has 0 atom stereocenters. The molecule has 0 unspecified atom stereocenters. The minimum Gasteiger partial charge on any atom is -0.276 e. The number of nitrogens with one attached hydrogen (secondary N) is 1. The van der Waals surface area contributed by atoms with Crippen LogP contribution in [0.4, 0.5) is 0 Å². The zero-order chi connectivity index (χ0) is 8.27. The van der Waals surface area contributed by atoms with E-state index >= 15 is 0 Å². The summed E-state index contributed by atoms with van der Waals surface area (Å²) in [5.41, 5.74) is 4.19. The van der Waals surface area contributed by atoms with Gasteiger partial charge in [-0.3, -0.25) is 9.69 Å². The Balaban J connectivity index is 2.39. The first-order valence-electron chi connectivity index (χ1n) is 3.58. The summed E-state index contributed by atoms with van der Waals surface area (Å²) in [5, 5.41) is 6.12. The molecule has 4 heteroatoms. The van der Waals surface area contributed by atoms with E-state index in [1.165, 1.54) is 0 Å². The maximum atomic E-state index is 4.21. The standard InChI is InChI=1S/C7H14N4/c1-10(2)8-6-7-4-5-11(3)9-7/h4-5,8H,6H2,1-3H3. The lowest BCUT2D eigenvalue weighted by Crippen LogP contribution is -2.29. The van der Waals surface area contributed by atoms with E-state index < -0.39 is 0 Å². The lowest BCUT2D eigenvalue weighted by atomic mass is 10.4. The van der Waals surface area contributed by atoms with Crippen LogP contribution in [0.2, 0.25) is 0 Å². The van der Waals surface area contributed by atoms with Crippen molar-refractivity contribution in [2.24, 2.45) is 7.05 Å². The molecule has 11 heavy (non-hydrogen) atoms. The molecule has 1 aromatic rings. The van der Waals surface area contributed by atoms with Crippen LogP contribution in [0.3, 0.4) is 0 Å². The van der Waals surface area contributed by atoms with Crippen LogP contribution in [0.5, 0.6) is 0 Å². The number of aromatic nitrogens is 2. The first kappa shape index (κ1) is 8.23. The predicted octanol–water partition coefficient (Wildman–Crippen LogP) is -0.0137. The average Bonchev–Trinajstić information content (AvgIpc) is 2.31. The number of hydrazine groups is 1. The second kappa shape index (κ2) is 3.50. The molecule has 1 N–H and O–H groups in total. The number of rotatable bonds is 3. The fourth-order valence-corrected chi connectivity index (χ4v) is 0.797. The number of aryl methyl sites for hydroxylation is 1. The largest absolute Gasteiger partial charge is 0.276 e. The Morgan fingerprint density at radius 3 is 2.82 bits per heavy atom. The molecule has 1 heterocycles. The van der Waals surface area contributed by atoms with Crippen LogP contribution >= 0.6 is 0 Å². The molecule has 0 spiro atoms. The molecule has 4 nitrogen and oxygen atoms in total. The molecule has 0 aliphatic carbocycles. The SMILES string of the molecule is CN(C)NCc1ccn(C)n1. The van der Waals surface area contributed by atoms with Crippen molar-refractivity contribution in [3.8, 4) is 0 Å². The van der Waals surface area contributed by atoms with Gasteiger partial charge in [-0.1, -0.05) is 0 Å². The zero-order valence-corrected chi connectivity index (χ0v) is 7.20. The summed E-state index contributed by atoms with van der Waals surface area (Å²) in [6.07, 6.45) is 1.94. The number of nitrogens with zero attached hydrogens (tertiary/aromatic N) is 3. The first-order chi connectivity index (χ1) is 5.18. The summed E-state index contributed by atoms with van der Waals surface area (Å²) in [6, 6.07) is 2.00. The second-order valence-corrected chi connectivity index (χ2v) is 2.71. The Morgan fingerprint density at radius 1 is 1.64 bits per heavy atom. The van der Waals surface area contributed by atoms with Crippen LogP contribution in [0.25, 0.3) is 0 Å². The zero-order valence-electron chi connectivity index (χ0n) is 7.20. The Labute approximate surface area is 66.8 Å². The highest BCUT2D eigenvalue weighted by Crippen LogP contribution is 1.92. The molecular weight excluding hydrogens is 140 g/mol. The van der Waals surface area contributed by atoms with E-state index in [1.807, 2.05) is 38.4 Å². The molecule has 0 radical (unpaired) electrons. The minimum atomic E-state index is 0.786. The smallest absolute Gasteiger partial charge is 0.0776 e. The van der Waals surface area contributed by atoms with Crippen LogP contribution in [0.1, 0.15) is 5.69 Å². The summed E-state index contributed by atoms with van der Waals surface area (Å²) in [7, 11) is 5.84. The highest BCUT2D eigenvalue weighted by atomic mass is 15.5. The van der Waals surface area contributed by atoms with Crippen molar-refractivity contribution >= 4 is 0 Å². The minimum absolute atomic E-state index is 0.786. The molecule has 62 valence electrons. The van der Waals surface area contributed by atoms with Crippen molar-refractivity contribution in [1.82, 2.24) is 20.2 Å².